The first kappa shape index (κ1) is 22.6. The maximum Gasteiger partial charge on any atom is 0.252 e. The van der Waals surface area contributed by atoms with E-state index >= 15 is 0 Å². The van der Waals surface area contributed by atoms with E-state index in [-0.39, 0.29) is 28.1 Å². The van der Waals surface area contributed by atoms with E-state index < -0.39 is 15.9 Å². The van der Waals surface area contributed by atoms with Gasteiger partial charge in [0.15, 0.2) is 0 Å². The predicted octanol–water partition coefficient (Wildman–Crippen LogP) is 3.28. The van der Waals surface area contributed by atoms with Crippen molar-refractivity contribution in [2.45, 2.75) is 10.9 Å². The molecule has 0 aromatic heterocycles. The van der Waals surface area contributed by atoms with Gasteiger partial charge in [-0.25, -0.2) is 12.7 Å². The van der Waals surface area contributed by atoms with Crippen LogP contribution in [0.5, 0.6) is 0 Å². The quantitative estimate of drug-likeness (QED) is 0.712. The number of carbonyl (C=O) groups excluding carboxylic acids is 1. The Morgan fingerprint density at radius 1 is 1.04 bits per heavy atom. The SMILES string of the molecule is CN(C)[C@@H](CNC(=O)c1cc(S(=O)(=O)N(C)C)ccc1Cl)c1ccccc1Cl. The summed E-state index contributed by atoms with van der Waals surface area (Å²) < 4.78 is 25.7. The molecule has 0 bridgehead atoms. The van der Waals surface area contributed by atoms with Crippen LogP contribution in [-0.2, 0) is 10.0 Å². The van der Waals surface area contributed by atoms with Crippen LogP contribution in [0.4, 0.5) is 0 Å². The normalized spacial score (nSPS) is 13.0. The fraction of sp³-hybridized carbons (Fsp3) is 0.316. The minimum absolute atomic E-state index is 0.00214. The Morgan fingerprint density at radius 2 is 1.68 bits per heavy atom. The van der Waals surface area contributed by atoms with Crippen LogP contribution in [0.25, 0.3) is 0 Å². The number of likely N-dealkylation sites (N-methyl/N-ethyl adjacent to an activating group) is 1. The van der Waals surface area contributed by atoms with Crippen LogP contribution in [0.2, 0.25) is 10.0 Å². The average Bonchev–Trinajstić information content (AvgIpc) is 2.62. The van der Waals surface area contributed by atoms with Gasteiger partial charge in [-0.1, -0.05) is 41.4 Å². The Hall–Kier alpha value is -1.64. The highest BCUT2D eigenvalue weighted by atomic mass is 35.5. The number of nitrogens with one attached hydrogen (secondary N) is 1. The van der Waals surface area contributed by atoms with Gasteiger partial charge < -0.3 is 10.2 Å². The number of sulfonamides is 1. The van der Waals surface area contributed by atoms with Crippen LogP contribution in [-0.4, -0.2) is 58.3 Å². The van der Waals surface area contributed by atoms with Crippen molar-refractivity contribution in [3.05, 3.63) is 63.6 Å². The molecule has 28 heavy (non-hydrogen) atoms. The standard InChI is InChI=1S/C19H23Cl2N3O3S/c1-23(2)18(14-7-5-6-8-16(14)20)12-22-19(25)15-11-13(9-10-17(15)21)28(26,27)24(3)4/h5-11,18H,12H2,1-4H3,(H,22,25)/t18-/m0/s1. The Kier molecular flexibility index (Phi) is 7.47. The molecular formula is C19H23Cl2N3O3S. The maximum absolute atomic E-state index is 12.7. The van der Waals surface area contributed by atoms with E-state index in [1.807, 2.05) is 37.2 Å². The second kappa shape index (κ2) is 9.24. The number of halogens is 2. The molecule has 0 aliphatic carbocycles. The van der Waals surface area contributed by atoms with Crippen molar-refractivity contribution in [3.8, 4) is 0 Å². The van der Waals surface area contributed by atoms with Crippen LogP contribution in [0.15, 0.2) is 47.4 Å². The summed E-state index contributed by atoms with van der Waals surface area (Å²) in [4.78, 5) is 14.6. The molecule has 6 nitrogen and oxygen atoms in total. The van der Waals surface area contributed by atoms with Crippen molar-refractivity contribution in [3.63, 3.8) is 0 Å². The number of benzene rings is 2. The molecule has 0 heterocycles. The second-order valence-corrected chi connectivity index (χ2v) is 9.61. The zero-order chi connectivity index (χ0) is 21.1. The number of rotatable bonds is 7. The topological polar surface area (TPSA) is 69.7 Å². The third kappa shape index (κ3) is 5.04. The van der Waals surface area contributed by atoms with Crippen molar-refractivity contribution in [2.75, 3.05) is 34.7 Å². The lowest BCUT2D eigenvalue weighted by Crippen LogP contribution is -2.35. The van der Waals surface area contributed by atoms with E-state index in [1.165, 1.54) is 32.3 Å². The van der Waals surface area contributed by atoms with E-state index in [0.29, 0.717) is 5.02 Å². The zero-order valence-corrected chi connectivity index (χ0v) is 18.4. The molecule has 0 spiro atoms. The van der Waals surface area contributed by atoms with Crippen molar-refractivity contribution >= 4 is 39.1 Å². The lowest BCUT2D eigenvalue weighted by Gasteiger charge is -2.26. The van der Waals surface area contributed by atoms with Gasteiger partial charge in [-0.3, -0.25) is 4.79 Å². The van der Waals surface area contributed by atoms with Crippen LogP contribution in [0, 0.1) is 0 Å². The largest absolute Gasteiger partial charge is 0.350 e. The number of hydrogen-bond donors (Lipinski definition) is 1. The van der Waals surface area contributed by atoms with Gasteiger partial charge in [0.1, 0.15) is 0 Å². The van der Waals surface area contributed by atoms with Crippen molar-refractivity contribution in [1.82, 2.24) is 14.5 Å². The van der Waals surface area contributed by atoms with E-state index in [1.54, 1.807) is 6.07 Å². The Labute approximate surface area is 176 Å². The summed E-state index contributed by atoms with van der Waals surface area (Å²) in [5.74, 6) is -0.459. The first-order chi connectivity index (χ1) is 13.1. The molecule has 2 rings (SSSR count). The van der Waals surface area contributed by atoms with Gasteiger partial charge in [0.2, 0.25) is 10.0 Å². The minimum atomic E-state index is -3.67. The van der Waals surface area contributed by atoms with E-state index in [2.05, 4.69) is 5.32 Å². The molecule has 2 aromatic rings. The third-order valence-electron chi connectivity index (χ3n) is 4.30. The Balaban J connectivity index is 2.26. The summed E-state index contributed by atoms with van der Waals surface area (Å²) in [6.45, 7) is 0.274. The van der Waals surface area contributed by atoms with Gasteiger partial charge in [-0.2, -0.15) is 0 Å². The molecule has 0 aliphatic heterocycles. The molecule has 1 N–H and O–H groups in total. The number of nitrogens with zero attached hydrogens (tertiary/aromatic N) is 2. The van der Waals surface area contributed by atoms with Crippen molar-refractivity contribution < 1.29 is 13.2 Å². The first-order valence-corrected chi connectivity index (χ1v) is 10.7. The van der Waals surface area contributed by atoms with Crippen molar-refractivity contribution in [1.29, 1.82) is 0 Å². The lowest BCUT2D eigenvalue weighted by atomic mass is 10.1. The average molecular weight is 444 g/mol. The highest BCUT2D eigenvalue weighted by Crippen LogP contribution is 2.26. The molecule has 1 atom stereocenters. The molecule has 0 radical (unpaired) electrons. The highest BCUT2D eigenvalue weighted by molar-refractivity contribution is 7.89. The number of hydrogen-bond acceptors (Lipinski definition) is 4. The van der Waals surface area contributed by atoms with E-state index in [4.69, 9.17) is 23.2 Å². The summed E-state index contributed by atoms with van der Waals surface area (Å²) in [6, 6.07) is 11.3. The fourth-order valence-electron chi connectivity index (χ4n) is 2.65. The van der Waals surface area contributed by atoms with E-state index in [9.17, 15) is 13.2 Å². The van der Waals surface area contributed by atoms with Gasteiger partial charge in [0, 0.05) is 25.7 Å². The maximum atomic E-state index is 12.7. The first-order valence-electron chi connectivity index (χ1n) is 8.47. The van der Waals surface area contributed by atoms with Gasteiger partial charge >= 0.3 is 0 Å². The molecule has 2 aromatic carbocycles. The highest BCUT2D eigenvalue weighted by Gasteiger charge is 2.22. The third-order valence-corrected chi connectivity index (χ3v) is 6.79. The summed E-state index contributed by atoms with van der Waals surface area (Å²) >= 11 is 12.4. The summed E-state index contributed by atoms with van der Waals surface area (Å²) in [5, 5.41) is 3.60. The molecule has 9 heteroatoms. The van der Waals surface area contributed by atoms with Gasteiger partial charge in [-0.05, 0) is 43.9 Å². The molecule has 0 unspecified atom stereocenters. The predicted molar refractivity (Wildman–Crippen MR) is 113 cm³/mol. The van der Waals surface area contributed by atoms with Crippen LogP contribution in [0.3, 0.4) is 0 Å². The molecule has 0 saturated heterocycles. The number of carbonyl (C=O) groups is 1. The Bertz CT molecular complexity index is 963. The number of amides is 1. The summed E-state index contributed by atoms with van der Waals surface area (Å²) in [6.07, 6.45) is 0. The van der Waals surface area contributed by atoms with Crippen LogP contribution < -0.4 is 5.32 Å². The van der Waals surface area contributed by atoms with Gasteiger partial charge in [0.05, 0.1) is 21.5 Å². The molecular weight excluding hydrogens is 421 g/mol. The zero-order valence-electron chi connectivity index (χ0n) is 16.1. The monoisotopic (exact) mass is 443 g/mol. The lowest BCUT2D eigenvalue weighted by molar-refractivity contribution is 0.0942. The molecule has 0 fully saturated rings. The molecule has 152 valence electrons. The Morgan fingerprint density at radius 3 is 2.25 bits per heavy atom. The molecule has 0 aliphatic rings. The van der Waals surface area contributed by atoms with Gasteiger partial charge in [-0.15, -0.1) is 0 Å². The smallest absolute Gasteiger partial charge is 0.252 e. The van der Waals surface area contributed by atoms with Gasteiger partial charge in [0.25, 0.3) is 5.91 Å². The fourth-order valence-corrected chi connectivity index (χ4v) is 4.04. The molecule has 0 saturated carbocycles. The van der Waals surface area contributed by atoms with Crippen LogP contribution >= 0.6 is 23.2 Å². The second-order valence-electron chi connectivity index (χ2n) is 6.64. The van der Waals surface area contributed by atoms with Crippen LogP contribution in [0.1, 0.15) is 22.0 Å². The summed E-state index contributed by atoms with van der Waals surface area (Å²) in [7, 11) is 2.95. The summed E-state index contributed by atoms with van der Waals surface area (Å²) in [5.41, 5.74) is 0.978. The van der Waals surface area contributed by atoms with Crippen molar-refractivity contribution in [2.24, 2.45) is 0 Å². The van der Waals surface area contributed by atoms with E-state index in [0.717, 1.165) is 9.87 Å². The minimum Gasteiger partial charge on any atom is -0.350 e. The molecule has 1 amide bonds.